The van der Waals surface area contributed by atoms with Gasteiger partial charge in [-0.2, -0.15) is 12.7 Å². The molecular weight excluding hydrogens is 145 g/mol. The first-order chi connectivity index (χ1) is 3.42. The molecule has 0 heterocycles. The van der Waals surface area contributed by atoms with E-state index < -0.39 is 15.6 Å². The van der Waals surface area contributed by atoms with Crippen LogP contribution in [0.15, 0.2) is 0 Å². The van der Waals surface area contributed by atoms with Crippen molar-refractivity contribution in [2.75, 3.05) is 0 Å². The van der Waals surface area contributed by atoms with Crippen LogP contribution in [0.1, 0.15) is 0 Å². The van der Waals surface area contributed by atoms with E-state index in [0.717, 1.165) is 0 Å². The van der Waals surface area contributed by atoms with Crippen LogP contribution in [-0.4, -0.2) is 13.5 Å². The Morgan fingerprint density at radius 2 is 2.00 bits per heavy atom. The van der Waals surface area contributed by atoms with Gasteiger partial charge in [-0.1, -0.05) is 3.89 Å². The molecule has 0 N–H and O–H groups in total. The molecule has 6 nitrogen and oxygen atoms in total. The van der Waals surface area contributed by atoms with Crippen LogP contribution in [0.4, 0.5) is 3.89 Å². The lowest BCUT2D eigenvalue weighted by molar-refractivity contribution is -0.712. The van der Waals surface area contributed by atoms with Crippen molar-refractivity contribution in [3.8, 4) is 0 Å². The second-order valence-electron chi connectivity index (χ2n) is 0.691. The lowest BCUT2D eigenvalue weighted by Crippen LogP contribution is -2.04. The van der Waals surface area contributed by atoms with Gasteiger partial charge in [-0.3, -0.25) is 0 Å². The molecule has 0 radical (unpaired) electrons. The van der Waals surface area contributed by atoms with Gasteiger partial charge in [-0.15, -0.1) is 10.1 Å². The Kier molecular flexibility index (Phi) is 1.68. The van der Waals surface area contributed by atoms with Gasteiger partial charge in [-0.05, 0) is 0 Å². The van der Waals surface area contributed by atoms with E-state index in [9.17, 15) is 3.89 Å². The molecule has 0 atom stereocenters. The van der Waals surface area contributed by atoms with E-state index in [4.69, 9.17) is 18.5 Å². The molecule has 0 aromatic carbocycles. The van der Waals surface area contributed by atoms with E-state index in [0.29, 0.717) is 0 Å². The molecule has 8 heteroatoms. The van der Waals surface area contributed by atoms with Gasteiger partial charge in [-0.25, -0.2) is 0 Å². The van der Waals surface area contributed by atoms with Crippen molar-refractivity contribution in [1.29, 1.82) is 0 Å². The molecule has 0 aliphatic carbocycles. The minimum absolute atomic E-state index is 1.75. The van der Waals surface area contributed by atoms with Gasteiger partial charge < -0.3 is 0 Å². The maximum absolute atomic E-state index is 10.9. The third-order valence-electron chi connectivity index (χ3n) is 0.150. The first-order valence-electron chi connectivity index (χ1n) is 1.20. The maximum Gasteiger partial charge on any atom is 0.468 e. The highest BCUT2D eigenvalue weighted by atomic mass is 32.3. The number of halogens is 1. The highest BCUT2D eigenvalue weighted by Gasteiger charge is 2.11. The Morgan fingerprint density at radius 1 is 1.62 bits per heavy atom. The molecule has 48 valence electrons. The molecule has 0 bridgehead atoms. The predicted molar refractivity (Wildman–Crippen MR) is 18.1 cm³/mol. The highest BCUT2D eigenvalue weighted by Crippen LogP contribution is 1.91. The minimum Gasteiger partial charge on any atom is -0.166 e. The third-order valence-corrected chi connectivity index (χ3v) is 0.450. The smallest absolute Gasteiger partial charge is 0.166 e. The minimum atomic E-state index is -5.42. The SMILES string of the molecule is O=[N+]([O-])OS(=O)(=O)F. The van der Waals surface area contributed by atoms with Crippen molar-refractivity contribution in [3.63, 3.8) is 0 Å². The first-order valence-corrected chi connectivity index (χ1v) is 2.51. The zero-order chi connectivity index (χ0) is 6.78. The molecular formula is FNO5S. The van der Waals surface area contributed by atoms with E-state index in [1.54, 1.807) is 0 Å². The van der Waals surface area contributed by atoms with Crippen LogP contribution in [0.25, 0.3) is 0 Å². The molecule has 0 unspecified atom stereocenters. The van der Waals surface area contributed by atoms with Gasteiger partial charge in [0, 0.05) is 0 Å². The van der Waals surface area contributed by atoms with E-state index >= 15 is 0 Å². The summed E-state index contributed by atoms with van der Waals surface area (Å²) in [7, 11) is -5.42. The summed E-state index contributed by atoms with van der Waals surface area (Å²) < 4.78 is 31.6. The summed E-state index contributed by atoms with van der Waals surface area (Å²) in [6.45, 7) is 0. The van der Waals surface area contributed by atoms with Crippen molar-refractivity contribution in [2.24, 2.45) is 0 Å². The van der Waals surface area contributed by atoms with Gasteiger partial charge in [0.25, 0.3) is 0 Å². The van der Waals surface area contributed by atoms with Crippen molar-refractivity contribution in [2.45, 2.75) is 0 Å². The maximum atomic E-state index is 10.9. The predicted octanol–water partition coefficient (Wildman–Crippen LogP) is -0.591. The quantitative estimate of drug-likeness (QED) is 0.294. The summed E-state index contributed by atoms with van der Waals surface area (Å²) in [6, 6.07) is 0. The van der Waals surface area contributed by atoms with Gasteiger partial charge in [0.05, 0.1) is 0 Å². The average molecular weight is 145 g/mol. The molecule has 0 spiro atoms. The Hall–Kier alpha value is -0.920. The molecule has 0 aliphatic rings. The lowest BCUT2D eigenvalue weighted by atomic mass is 13.1. The van der Waals surface area contributed by atoms with E-state index in [1.807, 2.05) is 0 Å². The Bertz CT molecular complexity index is 179. The average Bonchev–Trinajstić information content (AvgIpc) is 1.21. The van der Waals surface area contributed by atoms with Crippen LogP contribution in [0, 0.1) is 10.1 Å². The summed E-state index contributed by atoms with van der Waals surface area (Å²) in [6.07, 6.45) is 0. The Labute approximate surface area is 43.4 Å². The molecule has 8 heavy (non-hydrogen) atoms. The number of rotatable bonds is 2. The Morgan fingerprint density at radius 3 is 2.00 bits per heavy atom. The fourth-order valence-corrected chi connectivity index (χ4v) is 0.218. The molecule has 0 fully saturated rings. The number of hydrogen-bond acceptors (Lipinski definition) is 5. The molecule has 0 aromatic heterocycles. The van der Waals surface area contributed by atoms with Crippen LogP contribution in [-0.2, 0) is 14.8 Å². The summed E-state index contributed by atoms with van der Waals surface area (Å²) in [5.74, 6) is 0. The van der Waals surface area contributed by atoms with Crippen LogP contribution >= 0.6 is 0 Å². The molecule has 0 rings (SSSR count). The lowest BCUT2D eigenvalue weighted by Gasteiger charge is -1.83. The van der Waals surface area contributed by atoms with Crippen molar-refractivity contribution in [1.82, 2.24) is 0 Å². The number of nitrogens with zero attached hydrogens (tertiary/aromatic N) is 1. The molecule has 0 aliphatic heterocycles. The van der Waals surface area contributed by atoms with Gasteiger partial charge in [0.2, 0.25) is 0 Å². The summed E-state index contributed by atoms with van der Waals surface area (Å²) in [5.41, 5.74) is 0. The highest BCUT2D eigenvalue weighted by molar-refractivity contribution is 7.81. The summed E-state index contributed by atoms with van der Waals surface area (Å²) in [4.78, 5) is 8.98. The van der Waals surface area contributed by atoms with Crippen LogP contribution in [0.3, 0.4) is 0 Å². The van der Waals surface area contributed by atoms with Crippen molar-refractivity contribution >= 4 is 10.5 Å². The second kappa shape index (κ2) is 1.90. The van der Waals surface area contributed by atoms with E-state index in [-0.39, 0.29) is 0 Å². The van der Waals surface area contributed by atoms with E-state index in [1.165, 1.54) is 0 Å². The summed E-state index contributed by atoms with van der Waals surface area (Å²) in [5, 5.41) is 7.22. The zero-order valence-electron chi connectivity index (χ0n) is 3.27. The van der Waals surface area contributed by atoms with Crippen LogP contribution in [0.5, 0.6) is 0 Å². The third kappa shape index (κ3) is 5.08. The normalized spacial score (nSPS) is 10.6. The Balaban J connectivity index is 3.95. The van der Waals surface area contributed by atoms with Gasteiger partial charge >= 0.3 is 15.6 Å². The second-order valence-corrected chi connectivity index (χ2v) is 1.63. The fourth-order valence-electron chi connectivity index (χ4n) is 0.0727. The molecule has 0 saturated heterocycles. The standard InChI is InChI=1S/FNO5S/c1-8(5,6)7-2(3)4. The summed E-state index contributed by atoms with van der Waals surface area (Å²) >= 11 is 0. The number of hydrogen-bond donors (Lipinski definition) is 0. The molecule has 0 saturated carbocycles. The fraction of sp³-hybridized carbons (Fsp3) is 0. The largest absolute Gasteiger partial charge is 0.468 e. The van der Waals surface area contributed by atoms with Crippen molar-refractivity contribution in [3.05, 3.63) is 10.1 Å². The van der Waals surface area contributed by atoms with Crippen molar-refractivity contribution < 1.29 is 21.7 Å². The van der Waals surface area contributed by atoms with Gasteiger partial charge in [0.15, 0.2) is 0 Å². The monoisotopic (exact) mass is 145 g/mol. The topological polar surface area (TPSA) is 86.5 Å². The molecule has 0 amide bonds. The van der Waals surface area contributed by atoms with Crippen LogP contribution in [0.2, 0.25) is 0 Å². The molecule has 0 aromatic rings. The van der Waals surface area contributed by atoms with Gasteiger partial charge in [0.1, 0.15) is 0 Å². The van der Waals surface area contributed by atoms with E-state index in [2.05, 4.69) is 4.28 Å². The van der Waals surface area contributed by atoms with Crippen LogP contribution < -0.4 is 0 Å². The zero-order valence-corrected chi connectivity index (χ0v) is 4.09. The first kappa shape index (κ1) is 7.08.